The molecule has 1 amide bonds. The average molecular weight is 296 g/mol. The maximum absolute atomic E-state index is 12.7. The first kappa shape index (κ1) is 14.7. The minimum absolute atomic E-state index is 0.0711. The Morgan fingerprint density at radius 1 is 1.50 bits per heavy atom. The summed E-state index contributed by atoms with van der Waals surface area (Å²) in [5, 5.41) is 12.4. The van der Waals surface area contributed by atoms with Gasteiger partial charge in [0.1, 0.15) is 0 Å². The van der Waals surface area contributed by atoms with Crippen molar-refractivity contribution in [1.82, 2.24) is 4.90 Å². The number of carbonyl (C=O) groups excluding carboxylic acids is 1. The molecule has 108 valence electrons. The predicted octanol–water partition coefficient (Wildman–Crippen LogP) is 2.39. The monoisotopic (exact) mass is 295 g/mol. The summed E-state index contributed by atoms with van der Waals surface area (Å²) in [5.74, 6) is -0.100. The summed E-state index contributed by atoms with van der Waals surface area (Å²) in [7, 11) is 0. The summed E-state index contributed by atoms with van der Waals surface area (Å²) in [5.41, 5.74) is 7.01. The molecule has 6 heteroatoms. The number of benzene rings is 1. The van der Waals surface area contributed by atoms with Gasteiger partial charge in [-0.15, -0.1) is 0 Å². The molecule has 2 rings (SSSR count). The Morgan fingerprint density at radius 2 is 2.25 bits per heavy atom. The Hall–Kier alpha value is -1.75. The van der Waals surface area contributed by atoms with Crippen LogP contribution in [0.4, 0.5) is 0 Å². The lowest BCUT2D eigenvalue weighted by Gasteiger charge is -2.35. The highest BCUT2D eigenvalue weighted by Crippen LogP contribution is 2.25. The van der Waals surface area contributed by atoms with Crippen molar-refractivity contribution in [2.45, 2.75) is 32.2 Å². The number of hydrogen-bond acceptors (Lipinski definition) is 3. The molecule has 3 N–H and O–H groups in total. The number of rotatable bonds is 2. The molecule has 0 saturated carbocycles. The molecular weight excluding hydrogens is 278 g/mol. The van der Waals surface area contributed by atoms with Crippen LogP contribution in [-0.4, -0.2) is 34.4 Å². The molecule has 1 aromatic rings. The van der Waals surface area contributed by atoms with Crippen molar-refractivity contribution in [3.05, 3.63) is 34.3 Å². The maximum atomic E-state index is 12.7. The van der Waals surface area contributed by atoms with Gasteiger partial charge in [0.05, 0.1) is 16.6 Å². The van der Waals surface area contributed by atoms with Crippen molar-refractivity contribution in [2.24, 2.45) is 10.9 Å². The molecule has 1 atom stereocenters. The number of aryl methyl sites for hydroxylation is 1. The molecule has 0 aromatic heterocycles. The van der Waals surface area contributed by atoms with Gasteiger partial charge in [-0.25, -0.2) is 0 Å². The van der Waals surface area contributed by atoms with Crippen molar-refractivity contribution in [2.75, 3.05) is 6.54 Å². The molecule has 1 saturated heterocycles. The Morgan fingerprint density at radius 3 is 2.95 bits per heavy atom. The predicted molar refractivity (Wildman–Crippen MR) is 78.3 cm³/mol. The van der Waals surface area contributed by atoms with Crippen LogP contribution >= 0.6 is 11.6 Å². The van der Waals surface area contributed by atoms with E-state index in [2.05, 4.69) is 5.16 Å². The van der Waals surface area contributed by atoms with E-state index >= 15 is 0 Å². The van der Waals surface area contributed by atoms with E-state index in [-0.39, 0.29) is 17.8 Å². The molecule has 0 spiro atoms. The number of hydrogen-bond donors (Lipinski definition) is 2. The summed E-state index contributed by atoms with van der Waals surface area (Å²) >= 11 is 6.21. The van der Waals surface area contributed by atoms with E-state index in [0.29, 0.717) is 23.6 Å². The standard InChI is InChI=1S/C14H18ClN3O2/c1-9-5-4-6-10(12(9)15)14(19)18-8-3-2-7-11(18)13(16)17-20/h4-6,11,20H,2-3,7-8H2,1H3,(H2,16,17). The number of nitrogens with zero attached hydrogens (tertiary/aromatic N) is 2. The smallest absolute Gasteiger partial charge is 0.256 e. The van der Waals surface area contributed by atoms with Gasteiger partial charge < -0.3 is 15.8 Å². The molecule has 1 aliphatic rings. The fourth-order valence-corrected chi connectivity index (χ4v) is 2.72. The van der Waals surface area contributed by atoms with Gasteiger partial charge in [0.25, 0.3) is 5.91 Å². The van der Waals surface area contributed by atoms with Gasteiger partial charge in [-0.1, -0.05) is 28.9 Å². The largest absolute Gasteiger partial charge is 0.409 e. The van der Waals surface area contributed by atoms with Gasteiger partial charge in [-0.2, -0.15) is 0 Å². The fourth-order valence-electron chi connectivity index (χ4n) is 2.52. The lowest BCUT2D eigenvalue weighted by Crippen LogP contribution is -2.50. The van der Waals surface area contributed by atoms with Gasteiger partial charge in [0, 0.05) is 6.54 Å². The minimum atomic E-state index is -0.363. The van der Waals surface area contributed by atoms with E-state index in [4.69, 9.17) is 22.5 Å². The van der Waals surface area contributed by atoms with Crippen LogP contribution < -0.4 is 5.73 Å². The van der Waals surface area contributed by atoms with Gasteiger partial charge in [0.2, 0.25) is 0 Å². The zero-order valence-electron chi connectivity index (χ0n) is 11.3. The summed E-state index contributed by atoms with van der Waals surface area (Å²) < 4.78 is 0. The Bertz CT molecular complexity index is 545. The highest BCUT2D eigenvalue weighted by atomic mass is 35.5. The third kappa shape index (κ3) is 2.72. The molecule has 1 aliphatic heterocycles. The normalized spacial score (nSPS) is 20.0. The summed E-state index contributed by atoms with van der Waals surface area (Å²) in [6.07, 6.45) is 2.56. The van der Waals surface area contributed by atoms with E-state index in [1.165, 1.54) is 0 Å². The van der Waals surface area contributed by atoms with Crippen LogP contribution in [-0.2, 0) is 0 Å². The fraction of sp³-hybridized carbons (Fsp3) is 0.429. The van der Waals surface area contributed by atoms with E-state index < -0.39 is 0 Å². The first-order chi connectivity index (χ1) is 9.56. The SMILES string of the molecule is Cc1cccc(C(=O)N2CCCCC2/C(N)=N/O)c1Cl. The van der Waals surface area contributed by atoms with Crippen molar-refractivity contribution >= 4 is 23.3 Å². The first-order valence-corrected chi connectivity index (χ1v) is 6.97. The summed E-state index contributed by atoms with van der Waals surface area (Å²) in [6, 6.07) is 5.00. The first-order valence-electron chi connectivity index (χ1n) is 6.59. The number of likely N-dealkylation sites (tertiary alicyclic amines) is 1. The Labute approximate surface area is 123 Å². The Balaban J connectivity index is 2.32. The number of amidine groups is 1. The van der Waals surface area contributed by atoms with E-state index in [1.807, 2.05) is 13.0 Å². The second kappa shape index (κ2) is 6.13. The Kier molecular flexibility index (Phi) is 4.49. The number of amides is 1. The van der Waals surface area contributed by atoms with Crippen LogP contribution in [0.15, 0.2) is 23.4 Å². The maximum Gasteiger partial charge on any atom is 0.256 e. The molecule has 20 heavy (non-hydrogen) atoms. The number of nitrogens with two attached hydrogens (primary N) is 1. The molecular formula is C14H18ClN3O2. The molecule has 0 aliphatic carbocycles. The average Bonchev–Trinajstić information content (AvgIpc) is 2.48. The second-order valence-corrected chi connectivity index (χ2v) is 5.35. The second-order valence-electron chi connectivity index (χ2n) is 4.97. The number of oxime groups is 1. The molecule has 1 heterocycles. The molecule has 1 unspecified atom stereocenters. The van der Waals surface area contributed by atoms with Crippen LogP contribution in [0, 0.1) is 6.92 Å². The molecule has 1 aromatic carbocycles. The van der Waals surface area contributed by atoms with Gasteiger partial charge >= 0.3 is 0 Å². The zero-order valence-corrected chi connectivity index (χ0v) is 12.1. The number of piperidine rings is 1. The summed E-state index contributed by atoms with van der Waals surface area (Å²) in [6.45, 7) is 2.44. The van der Waals surface area contributed by atoms with Crippen molar-refractivity contribution in [3.8, 4) is 0 Å². The van der Waals surface area contributed by atoms with E-state index in [9.17, 15) is 4.79 Å². The lowest BCUT2D eigenvalue weighted by atomic mass is 9.99. The molecule has 5 nitrogen and oxygen atoms in total. The van der Waals surface area contributed by atoms with Gasteiger partial charge in [-0.3, -0.25) is 4.79 Å². The third-order valence-corrected chi connectivity index (χ3v) is 4.14. The molecule has 0 radical (unpaired) electrons. The van der Waals surface area contributed by atoms with Gasteiger partial charge in [-0.05, 0) is 37.8 Å². The third-order valence-electron chi connectivity index (χ3n) is 3.64. The van der Waals surface area contributed by atoms with Crippen LogP contribution in [0.5, 0.6) is 0 Å². The van der Waals surface area contributed by atoms with Crippen LogP contribution in [0.1, 0.15) is 35.2 Å². The topological polar surface area (TPSA) is 78.9 Å². The van der Waals surface area contributed by atoms with Crippen molar-refractivity contribution in [3.63, 3.8) is 0 Å². The lowest BCUT2D eigenvalue weighted by molar-refractivity contribution is 0.0676. The zero-order chi connectivity index (χ0) is 14.7. The van der Waals surface area contributed by atoms with Crippen LogP contribution in [0.25, 0.3) is 0 Å². The van der Waals surface area contributed by atoms with E-state index in [1.54, 1.807) is 17.0 Å². The highest BCUT2D eigenvalue weighted by Gasteiger charge is 2.31. The number of halogens is 1. The van der Waals surface area contributed by atoms with E-state index in [0.717, 1.165) is 18.4 Å². The quantitative estimate of drug-likeness (QED) is 0.380. The van der Waals surface area contributed by atoms with Gasteiger partial charge in [0.15, 0.2) is 5.84 Å². The van der Waals surface area contributed by atoms with Crippen LogP contribution in [0.3, 0.4) is 0 Å². The highest BCUT2D eigenvalue weighted by molar-refractivity contribution is 6.34. The van der Waals surface area contributed by atoms with Crippen molar-refractivity contribution in [1.29, 1.82) is 0 Å². The van der Waals surface area contributed by atoms with Crippen LogP contribution in [0.2, 0.25) is 5.02 Å². The summed E-state index contributed by atoms with van der Waals surface area (Å²) in [4.78, 5) is 14.3. The van der Waals surface area contributed by atoms with Crippen molar-refractivity contribution < 1.29 is 10.0 Å². The minimum Gasteiger partial charge on any atom is -0.409 e. The molecule has 1 fully saturated rings. The molecule has 0 bridgehead atoms. The number of carbonyl (C=O) groups is 1.